The number of nitrogens with zero attached hydrogens (tertiary/aromatic N) is 5. The van der Waals surface area contributed by atoms with E-state index in [1.807, 2.05) is 127 Å². The van der Waals surface area contributed by atoms with Crippen molar-refractivity contribution in [3.05, 3.63) is 399 Å². The maximum atomic E-state index is 10.1. The molecule has 23 aromatic rings. The van der Waals surface area contributed by atoms with Gasteiger partial charge in [0.05, 0.1) is 66.4 Å². The van der Waals surface area contributed by atoms with Crippen molar-refractivity contribution < 1.29 is 30.8 Å². The highest BCUT2D eigenvalue weighted by Crippen LogP contribution is 2.58. The van der Waals surface area contributed by atoms with Crippen molar-refractivity contribution in [3.63, 3.8) is 0 Å². The lowest BCUT2D eigenvalue weighted by Gasteiger charge is -2.46. The molecule has 2 aliphatic heterocycles. The SMILES string of the molecule is [2H]c1c([2H])c([2H])c2c(c1[2H])c1c([2H])c([2H])c([2H])c([2H])c1n2-c1ccc2c(c1)N(c1c(-c3ccccc3)cc(C(C)(C)C)cc1-c1cccc3c1oc1ccccc13)c1cc(-c3ccc4c(c3)c3ccccc3n4-c3ccccc3)cc3c1B2c1ccc(-n2c4c([2H])c([2H])c([2H])c([2H])c4c4c([2H])c([2H])c([2H])c([2H])c42)cc1N3c1c(-c2ccccc2)cc(C(C)(C)C)cc1-c1cccc2c1oc1ccccc12. The fraction of sp³-hybridized carbons (Fsp3) is 0.0690. The van der Waals surface area contributed by atoms with Gasteiger partial charge in [-0.3, -0.25) is 0 Å². The molecule has 5 aromatic heterocycles. The number of hydrogen-bond donors (Lipinski definition) is 0. The molecule has 0 amide bonds. The topological polar surface area (TPSA) is 47.6 Å². The fourth-order valence-corrected chi connectivity index (χ4v) is 19.9. The molecule has 18 aromatic carbocycles. The lowest BCUT2D eigenvalue weighted by atomic mass is 9.33. The summed E-state index contributed by atoms with van der Waals surface area (Å²) in [6, 6.07) is 91.3. The van der Waals surface area contributed by atoms with Crippen LogP contribution in [0.2, 0.25) is 0 Å². The molecule has 7 heterocycles. The van der Waals surface area contributed by atoms with Crippen LogP contribution >= 0.6 is 0 Å². The Kier molecular flexibility index (Phi) is 12.4. The predicted molar refractivity (Wildman–Crippen MR) is 523 cm³/mol. The molecule has 586 valence electrons. The predicted octanol–water partition coefficient (Wildman–Crippen LogP) is 29.8. The van der Waals surface area contributed by atoms with Crippen LogP contribution in [0.3, 0.4) is 0 Å². The summed E-state index contributed by atoms with van der Waals surface area (Å²) < 4.78 is 175. The first-order chi connectivity index (χ1) is 67.4. The van der Waals surface area contributed by atoms with Crippen molar-refractivity contribution >= 4 is 167 Å². The van der Waals surface area contributed by atoms with Crippen LogP contribution < -0.4 is 26.2 Å². The van der Waals surface area contributed by atoms with E-state index in [1.54, 1.807) is 9.13 Å². The van der Waals surface area contributed by atoms with E-state index in [1.165, 1.54) is 0 Å². The monoisotopic (exact) mass is 1600 g/mol. The smallest absolute Gasteiger partial charge is 0.252 e. The van der Waals surface area contributed by atoms with Crippen LogP contribution in [0, 0.1) is 0 Å². The molecule has 0 radical (unpaired) electrons. The van der Waals surface area contributed by atoms with Crippen LogP contribution in [0.5, 0.6) is 0 Å². The number of rotatable bonds is 10. The lowest BCUT2D eigenvalue weighted by molar-refractivity contribution is 0.590. The van der Waals surface area contributed by atoms with Crippen molar-refractivity contribution in [2.75, 3.05) is 9.80 Å². The van der Waals surface area contributed by atoms with Gasteiger partial charge in [-0.25, -0.2) is 0 Å². The molecular weight excluding hydrogens is 1510 g/mol. The summed E-state index contributed by atoms with van der Waals surface area (Å²) in [4.78, 5) is 4.68. The zero-order chi connectivity index (χ0) is 96.5. The lowest BCUT2D eigenvalue weighted by Crippen LogP contribution is -2.61. The summed E-state index contributed by atoms with van der Waals surface area (Å²) in [5, 5.41) is 5.07. The Labute approximate surface area is 741 Å². The average molecular weight is 1600 g/mol. The second-order valence-electron chi connectivity index (χ2n) is 34.6. The van der Waals surface area contributed by atoms with E-state index in [9.17, 15) is 21.9 Å². The fourth-order valence-electron chi connectivity index (χ4n) is 19.9. The third kappa shape index (κ3) is 10.8. The van der Waals surface area contributed by atoms with Crippen LogP contribution in [0.25, 0.3) is 182 Å². The van der Waals surface area contributed by atoms with E-state index >= 15 is 0 Å². The van der Waals surface area contributed by atoms with Gasteiger partial charge in [-0.05, 0) is 188 Å². The molecule has 25 rings (SSSR count). The summed E-state index contributed by atoms with van der Waals surface area (Å²) in [6.07, 6.45) is 0. The second kappa shape index (κ2) is 27.1. The van der Waals surface area contributed by atoms with Crippen molar-refractivity contribution in [3.8, 4) is 72.7 Å². The van der Waals surface area contributed by atoms with E-state index < -0.39 is 114 Å². The first kappa shape index (κ1) is 57.0. The molecule has 0 fully saturated rings. The van der Waals surface area contributed by atoms with Crippen LogP contribution in [-0.4, -0.2) is 20.4 Å². The summed E-state index contributed by atoms with van der Waals surface area (Å²) in [5.74, 6) is 0. The molecule has 0 saturated heterocycles. The van der Waals surface area contributed by atoms with E-state index in [0.29, 0.717) is 67.4 Å². The van der Waals surface area contributed by atoms with Crippen LogP contribution in [0.15, 0.2) is 397 Å². The first-order valence-corrected chi connectivity index (χ1v) is 41.9. The Balaban J connectivity index is 0.921. The molecule has 8 heteroatoms. The summed E-state index contributed by atoms with van der Waals surface area (Å²) in [6.45, 7) is 12.3. The summed E-state index contributed by atoms with van der Waals surface area (Å²) >= 11 is 0. The maximum absolute atomic E-state index is 10.1. The van der Waals surface area contributed by atoms with Gasteiger partial charge >= 0.3 is 0 Å². The quantitative estimate of drug-likeness (QED) is 0.128. The Morgan fingerprint density at radius 1 is 0.258 bits per heavy atom. The van der Waals surface area contributed by atoms with Gasteiger partial charge in [0.1, 0.15) is 22.3 Å². The molecule has 2 aliphatic rings. The van der Waals surface area contributed by atoms with E-state index in [-0.39, 0.29) is 55.0 Å². The average Bonchev–Trinajstić information content (AvgIpc) is 1.18. The molecular formula is C116H82BN5O2. The largest absolute Gasteiger partial charge is 0.455 e. The van der Waals surface area contributed by atoms with Crippen molar-refractivity contribution in [2.45, 2.75) is 52.4 Å². The van der Waals surface area contributed by atoms with Crippen LogP contribution in [-0.2, 0) is 10.8 Å². The van der Waals surface area contributed by atoms with Crippen molar-refractivity contribution in [2.24, 2.45) is 0 Å². The van der Waals surface area contributed by atoms with Gasteiger partial charge in [0.2, 0.25) is 0 Å². The number of aromatic nitrogens is 3. The molecule has 0 unspecified atom stereocenters. The van der Waals surface area contributed by atoms with Gasteiger partial charge < -0.3 is 32.3 Å². The molecule has 0 atom stereocenters. The van der Waals surface area contributed by atoms with Gasteiger partial charge in [-0.1, -0.05) is 302 Å². The highest BCUT2D eigenvalue weighted by atomic mass is 16.3. The van der Waals surface area contributed by atoms with Gasteiger partial charge in [-0.15, -0.1) is 0 Å². The van der Waals surface area contributed by atoms with Gasteiger partial charge in [0, 0.05) is 127 Å². The van der Waals surface area contributed by atoms with E-state index in [0.717, 1.165) is 121 Å². The number of para-hydroxylation sites is 10. The Morgan fingerprint density at radius 3 is 1.10 bits per heavy atom. The van der Waals surface area contributed by atoms with Crippen LogP contribution in [0.1, 0.15) is 74.6 Å². The minimum Gasteiger partial charge on any atom is -0.455 e. The highest BCUT2D eigenvalue weighted by molar-refractivity contribution is 7.00. The number of hydrogen-bond acceptors (Lipinski definition) is 4. The van der Waals surface area contributed by atoms with Gasteiger partial charge in [0.15, 0.2) is 0 Å². The summed E-state index contributed by atoms with van der Waals surface area (Å²) in [7, 11) is 0. The van der Waals surface area contributed by atoms with Gasteiger partial charge in [-0.2, -0.15) is 0 Å². The zero-order valence-electron chi connectivity index (χ0n) is 84.3. The van der Waals surface area contributed by atoms with Crippen molar-refractivity contribution in [1.82, 2.24) is 13.7 Å². The van der Waals surface area contributed by atoms with Crippen LogP contribution in [0.4, 0.5) is 34.1 Å². The van der Waals surface area contributed by atoms with Gasteiger partial charge in [0.25, 0.3) is 6.71 Å². The molecule has 0 spiro atoms. The second-order valence-corrected chi connectivity index (χ2v) is 34.6. The van der Waals surface area contributed by atoms with E-state index in [4.69, 9.17) is 8.83 Å². The zero-order valence-corrected chi connectivity index (χ0v) is 68.3. The number of fused-ring (bicyclic) bond motifs is 19. The third-order valence-electron chi connectivity index (χ3n) is 25.6. The number of benzene rings is 18. The Bertz CT molecular complexity index is 8850. The highest BCUT2D eigenvalue weighted by Gasteiger charge is 2.47. The molecule has 124 heavy (non-hydrogen) atoms. The Morgan fingerprint density at radius 2 is 0.645 bits per heavy atom. The number of anilines is 6. The molecule has 0 aliphatic carbocycles. The van der Waals surface area contributed by atoms with E-state index in [2.05, 4.69) is 220 Å². The normalized spacial score (nSPS) is 14.7. The minimum absolute atomic E-state index is 0.0853. The summed E-state index contributed by atoms with van der Waals surface area (Å²) in [5.41, 5.74) is 20.0. The maximum Gasteiger partial charge on any atom is 0.252 e. The number of furan rings is 2. The minimum atomic E-state index is -0.908. The molecule has 0 saturated carbocycles. The molecule has 7 nitrogen and oxygen atoms in total. The molecule has 0 bridgehead atoms. The molecule has 0 N–H and O–H groups in total. The Hall–Kier alpha value is -15.4. The standard InChI is InChI=1S/C116H82BN5O2/c1-115(2,3)75-65-91(71-32-10-7-11-33-71)111(94(67-75)89-47-30-45-87-85-43-21-28-54-108(85)123-113(87)89)121-104-69-78(119-98-49-23-16-38-80(98)81-39-17-24-50-99(81)119)57-59-96(104)117-97-60-58-79(120-100-51-25-18-40-82(100)83-41-19-26-52-101(83)120)70-105(97)122(107-64-74(63-106(121)110(107)117)73-56-61-103-93(62-73)84-42-20-27-53-102(84)118(103)77-36-14-9-15-37-77)112-92(72-34-12-8-13-35-72)66-76(116(4,5)6)68-95(112)90-48-31-46-88-86-44-22-29-55-109(86)124-114(88)90/h7-70H,1-6H3/i16D,17D,18D,19D,23D,24D,25D,26D,38D,39D,40D,41D,49D,50D,51D,52D. The van der Waals surface area contributed by atoms with Crippen molar-refractivity contribution in [1.29, 1.82) is 0 Å². The third-order valence-corrected chi connectivity index (χ3v) is 25.6. The first-order valence-electron chi connectivity index (χ1n) is 49.9.